The molecule has 6 heteroatoms. The van der Waals surface area contributed by atoms with Crippen molar-refractivity contribution in [1.29, 1.82) is 0 Å². The van der Waals surface area contributed by atoms with Crippen LogP contribution in [0, 0.1) is 18.3 Å². The number of hydrogen-bond donors (Lipinski definition) is 1. The summed E-state index contributed by atoms with van der Waals surface area (Å²) in [6.45, 7) is 4.19. The second-order valence-corrected chi connectivity index (χ2v) is 8.11. The van der Waals surface area contributed by atoms with Gasteiger partial charge in [0.1, 0.15) is 12.6 Å². The van der Waals surface area contributed by atoms with Crippen LogP contribution in [0.25, 0.3) is 0 Å². The maximum Gasteiger partial charge on any atom is 0.329 e. The number of ether oxygens (including phenoxy) is 1. The van der Waals surface area contributed by atoms with E-state index in [1.807, 2.05) is 85.8 Å². The minimum atomic E-state index is -0.928. The molecule has 1 fully saturated rings. The van der Waals surface area contributed by atoms with Gasteiger partial charge in [0.2, 0.25) is 0 Å². The van der Waals surface area contributed by atoms with Gasteiger partial charge in [-0.2, -0.15) is 0 Å². The van der Waals surface area contributed by atoms with Crippen molar-refractivity contribution in [2.24, 2.45) is 5.92 Å². The van der Waals surface area contributed by atoms with E-state index in [0.717, 1.165) is 31.4 Å². The number of allylic oxidation sites excluding steroid dienone is 8. The Bertz CT molecular complexity index is 948. The summed E-state index contributed by atoms with van der Waals surface area (Å²) in [5.41, 5.74) is 0.957. The van der Waals surface area contributed by atoms with Crippen molar-refractivity contribution < 1.29 is 14.6 Å². The van der Waals surface area contributed by atoms with Gasteiger partial charge in [-0.3, -0.25) is 4.98 Å². The fourth-order valence-corrected chi connectivity index (χ4v) is 3.83. The van der Waals surface area contributed by atoms with Crippen molar-refractivity contribution in [3.05, 3.63) is 79.0 Å². The molecule has 34 heavy (non-hydrogen) atoms. The van der Waals surface area contributed by atoms with Crippen molar-refractivity contribution >= 4 is 11.8 Å². The Balaban J connectivity index is 2.16. The van der Waals surface area contributed by atoms with E-state index < -0.39 is 5.97 Å². The first-order chi connectivity index (χ1) is 16.6. The smallest absolute Gasteiger partial charge is 0.329 e. The molecule has 0 saturated heterocycles. The number of anilines is 1. The molecule has 1 aromatic heterocycles. The van der Waals surface area contributed by atoms with E-state index in [4.69, 9.17) is 21.3 Å². The van der Waals surface area contributed by atoms with Crippen molar-refractivity contribution in [2.75, 3.05) is 18.1 Å². The lowest BCUT2D eigenvalue weighted by Crippen LogP contribution is -2.29. The predicted molar refractivity (Wildman–Crippen MR) is 137 cm³/mol. The molecule has 1 aromatic rings. The number of hydrogen-bond acceptors (Lipinski definition) is 5. The summed E-state index contributed by atoms with van der Waals surface area (Å²) >= 11 is 0. The molecule has 1 aliphatic carbocycles. The molecule has 1 heterocycles. The molecule has 1 saturated carbocycles. The summed E-state index contributed by atoms with van der Waals surface area (Å²) in [6.07, 6.45) is 32.8. The zero-order chi connectivity index (χ0) is 24.6. The minimum absolute atomic E-state index is 0.237. The summed E-state index contributed by atoms with van der Waals surface area (Å²) in [5.74, 6) is 3.31. The van der Waals surface area contributed by atoms with Gasteiger partial charge in [0.05, 0.1) is 18.5 Å². The second kappa shape index (κ2) is 15.4. The molecule has 0 radical (unpaired) electrons. The van der Waals surface area contributed by atoms with Crippen molar-refractivity contribution in [1.82, 2.24) is 9.97 Å². The fourth-order valence-electron chi connectivity index (χ4n) is 3.83. The van der Waals surface area contributed by atoms with Crippen LogP contribution in [-0.2, 0) is 9.53 Å². The number of rotatable bonds is 12. The molecule has 0 spiro atoms. The lowest BCUT2D eigenvalue weighted by molar-refractivity contribution is -0.142. The monoisotopic (exact) mass is 461 g/mol. The fraction of sp³-hybridized carbons (Fsp3) is 0.393. The van der Waals surface area contributed by atoms with Crippen molar-refractivity contribution in [3.63, 3.8) is 0 Å². The predicted octanol–water partition coefficient (Wildman–Crippen LogP) is 5.44. The topological polar surface area (TPSA) is 75.6 Å². The third kappa shape index (κ3) is 9.21. The molecule has 0 bridgehead atoms. The number of carboxylic acid groups (broad SMARTS) is 1. The number of nitrogens with zero attached hydrogens (tertiary/aromatic N) is 3. The van der Waals surface area contributed by atoms with Crippen LogP contribution in [0.1, 0.15) is 51.1 Å². The van der Waals surface area contributed by atoms with Crippen LogP contribution in [0.3, 0.4) is 0 Å². The molecule has 0 aliphatic heterocycles. The third-order valence-electron chi connectivity index (χ3n) is 5.59. The standard InChI is InChI=1S/C28H35N3O3/c1-4-7-9-10-12-18-31(25(6-3)13-11-8-5-2)27-20-29-19-26(30-27)24-16-14-23(15-17-24)21-34-22-28(32)33/h3-5,7-13,18-20,23-25H,14-17,21-22H2,1-2H3,(H,32,33)/b7-4-,8-5-,10-9-,13-11-,18-12+/t23-,24+,25?. The van der Waals surface area contributed by atoms with E-state index in [-0.39, 0.29) is 12.6 Å². The second-order valence-electron chi connectivity index (χ2n) is 8.11. The highest BCUT2D eigenvalue weighted by Crippen LogP contribution is 2.35. The third-order valence-corrected chi connectivity index (χ3v) is 5.59. The van der Waals surface area contributed by atoms with Crippen LogP contribution in [-0.4, -0.2) is 40.3 Å². The summed E-state index contributed by atoms with van der Waals surface area (Å²) in [5, 5.41) is 8.74. The van der Waals surface area contributed by atoms with E-state index in [2.05, 4.69) is 10.9 Å². The Labute approximate surface area is 203 Å². The van der Waals surface area contributed by atoms with Gasteiger partial charge in [-0.05, 0) is 57.6 Å². The first-order valence-corrected chi connectivity index (χ1v) is 11.7. The maximum absolute atomic E-state index is 10.6. The highest BCUT2D eigenvalue weighted by molar-refractivity contribution is 5.67. The molecule has 180 valence electrons. The Morgan fingerprint density at radius 1 is 1.15 bits per heavy atom. The minimum Gasteiger partial charge on any atom is -0.480 e. The van der Waals surface area contributed by atoms with Crippen molar-refractivity contribution in [3.8, 4) is 12.3 Å². The van der Waals surface area contributed by atoms with Gasteiger partial charge in [-0.1, -0.05) is 48.5 Å². The number of aliphatic carboxylic acids is 1. The first kappa shape index (κ1) is 26.8. The van der Waals surface area contributed by atoms with Gasteiger partial charge in [0.25, 0.3) is 0 Å². The number of carboxylic acids is 1. The molecule has 1 N–H and O–H groups in total. The van der Waals surface area contributed by atoms with Crippen LogP contribution in [0.5, 0.6) is 0 Å². The number of aromatic nitrogens is 2. The van der Waals surface area contributed by atoms with Gasteiger partial charge in [-0.25, -0.2) is 9.78 Å². The molecule has 2 rings (SSSR count). The number of carbonyl (C=O) groups is 1. The largest absolute Gasteiger partial charge is 0.480 e. The number of terminal acetylenes is 1. The molecule has 0 amide bonds. The SMILES string of the molecule is C#CC(/C=C\C=C/C)N(/C=C/C=C\C=C/C)c1cncc([C@H]2CC[C@@H](COCC(=O)O)CC2)n1. The van der Waals surface area contributed by atoms with E-state index >= 15 is 0 Å². The highest BCUT2D eigenvalue weighted by Gasteiger charge is 2.25. The summed E-state index contributed by atoms with van der Waals surface area (Å²) in [7, 11) is 0. The molecule has 1 atom stereocenters. The summed E-state index contributed by atoms with van der Waals surface area (Å²) in [6, 6.07) is -0.311. The van der Waals surface area contributed by atoms with Gasteiger partial charge < -0.3 is 14.7 Å². The zero-order valence-corrected chi connectivity index (χ0v) is 20.1. The van der Waals surface area contributed by atoms with Crippen LogP contribution >= 0.6 is 0 Å². The highest BCUT2D eigenvalue weighted by atomic mass is 16.5. The summed E-state index contributed by atoms with van der Waals surface area (Å²) < 4.78 is 5.29. The van der Waals surface area contributed by atoms with E-state index in [9.17, 15) is 4.79 Å². The lowest BCUT2D eigenvalue weighted by atomic mass is 9.81. The Kier molecular flexibility index (Phi) is 12.2. The van der Waals surface area contributed by atoms with Gasteiger partial charge in [0.15, 0.2) is 5.82 Å². The Hall–Kier alpha value is -3.43. The maximum atomic E-state index is 10.6. The van der Waals surface area contributed by atoms with Crippen LogP contribution < -0.4 is 4.90 Å². The summed E-state index contributed by atoms with van der Waals surface area (Å²) in [4.78, 5) is 22.0. The quantitative estimate of drug-likeness (QED) is 0.330. The molecular weight excluding hydrogens is 426 g/mol. The van der Waals surface area contributed by atoms with E-state index in [1.54, 1.807) is 6.20 Å². The Morgan fingerprint density at radius 3 is 2.53 bits per heavy atom. The average Bonchev–Trinajstić information content (AvgIpc) is 2.85. The molecular formula is C28H35N3O3. The molecule has 0 aromatic carbocycles. The normalized spacial score (nSPS) is 20.0. The van der Waals surface area contributed by atoms with Crippen LogP contribution in [0.4, 0.5) is 5.82 Å². The molecule has 6 nitrogen and oxygen atoms in total. The van der Waals surface area contributed by atoms with Crippen LogP contribution in [0.2, 0.25) is 0 Å². The molecule has 1 aliphatic rings. The van der Waals surface area contributed by atoms with Gasteiger partial charge >= 0.3 is 5.97 Å². The first-order valence-electron chi connectivity index (χ1n) is 11.7. The Morgan fingerprint density at radius 2 is 1.85 bits per heavy atom. The van der Waals surface area contributed by atoms with E-state index in [0.29, 0.717) is 24.3 Å². The average molecular weight is 462 g/mol. The molecule has 1 unspecified atom stereocenters. The lowest BCUT2D eigenvalue weighted by Gasteiger charge is -2.29. The zero-order valence-electron chi connectivity index (χ0n) is 20.1. The van der Waals surface area contributed by atoms with Gasteiger partial charge in [-0.15, -0.1) is 6.42 Å². The van der Waals surface area contributed by atoms with E-state index in [1.165, 1.54) is 0 Å². The van der Waals surface area contributed by atoms with Gasteiger partial charge in [0, 0.05) is 18.3 Å². The van der Waals surface area contributed by atoms with Crippen LogP contribution in [0.15, 0.2) is 73.3 Å². The van der Waals surface area contributed by atoms with Crippen molar-refractivity contribution in [2.45, 2.75) is 51.5 Å².